The molecule has 1 saturated heterocycles. The lowest BCUT2D eigenvalue weighted by Crippen LogP contribution is -2.38. The molecule has 0 aromatic carbocycles. The molecule has 1 aliphatic rings. The normalized spacial score (nSPS) is 34.8. The zero-order valence-corrected chi connectivity index (χ0v) is 8.66. The molecule has 1 aliphatic heterocycles. The minimum atomic E-state index is -0.0614. The molecule has 0 bridgehead atoms. The summed E-state index contributed by atoms with van der Waals surface area (Å²) in [6, 6.07) is 0. The molecule has 1 fully saturated rings. The highest BCUT2D eigenvalue weighted by atomic mass is 16.7. The van der Waals surface area contributed by atoms with Gasteiger partial charge < -0.3 is 15.2 Å². The van der Waals surface area contributed by atoms with Crippen molar-refractivity contribution >= 4 is 0 Å². The molecule has 1 rings (SSSR count). The maximum absolute atomic E-state index is 5.71. The Morgan fingerprint density at radius 1 is 1.15 bits per heavy atom. The summed E-state index contributed by atoms with van der Waals surface area (Å²) >= 11 is 0. The van der Waals surface area contributed by atoms with Crippen LogP contribution < -0.4 is 5.73 Å². The van der Waals surface area contributed by atoms with Crippen molar-refractivity contribution in [3.8, 4) is 0 Å². The van der Waals surface area contributed by atoms with Gasteiger partial charge in [-0.25, -0.2) is 0 Å². The summed E-state index contributed by atoms with van der Waals surface area (Å²) in [4.78, 5) is 0. The van der Waals surface area contributed by atoms with Crippen molar-refractivity contribution < 1.29 is 9.47 Å². The van der Waals surface area contributed by atoms with E-state index in [1.165, 1.54) is 0 Å². The van der Waals surface area contributed by atoms with E-state index < -0.39 is 0 Å². The molecular weight excluding hydrogens is 166 g/mol. The number of nitrogens with two attached hydrogens (primary N) is 1. The first-order chi connectivity index (χ1) is 6.30. The van der Waals surface area contributed by atoms with E-state index in [0.29, 0.717) is 18.8 Å². The average Bonchev–Trinajstić information content (AvgIpc) is 2.17. The molecule has 3 heteroatoms. The minimum Gasteiger partial charge on any atom is -0.349 e. The lowest BCUT2D eigenvalue weighted by Gasteiger charge is -2.35. The number of hydrogen-bond donors (Lipinski definition) is 1. The molecule has 0 aliphatic carbocycles. The van der Waals surface area contributed by atoms with E-state index in [1.807, 2.05) is 0 Å². The van der Waals surface area contributed by atoms with Crippen LogP contribution in [0.1, 0.15) is 39.5 Å². The first-order valence-corrected chi connectivity index (χ1v) is 5.31. The average molecular weight is 187 g/mol. The van der Waals surface area contributed by atoms with Crippen molar-refractivity contribution in [2.75, 3.05) is 6.54 Å². The van der Waals surface area contributed by atoms with Crippen LogP contribution in [0.2, 0.25) is 0 Å². The van der Waals surface area contributed by atoms with Gasteiger partial charge in [-0.05, 0) is 25.8 Å². The predicted octanol–water partition coefficient (Wildman–Crippen LogP) is 1.66. The second kappa shape index (κ2) is 5.58. The molecule has 0 aromatic heterocycles. The van der Waals surface area contributed by atoms with Gasteiger partial charge in [-0.3, -0.25) is 0 Å². The van der Waals surface area contributed by atoms with Crippen LogP contribution in [0.3, 0.4) is 0 Å². The van der Waals surface area contributed by atoms with Gasteiger partial charge >= 0.3 is 0 Å². The molecule has 13 heavy (non-hydrogen) atoms. The van der Waals surface area contributed by atoms with Crippen LogP contribution in [0.5, 0.6) is 0 Å². The van der Waals surface area contributed by atoms with Crippen LogP contribution in [0.25, 0.3) is 0 Å². The van der Waals surface area contributed by atoms with E-state index in [4.69, 9.17) is 15.2 Å². The summed E-state index contributed by atoms with van der Waals surface area (Å²) in [5.74, 6) is 0. The van der Waals surface area contributed by atoms with Crippen LogP contribution >= 0.6 is 0 Å². The Morgan fingerprint density at radius 3 is 2.08 bits per heavy atom. The predicted molar refractivity (Wildman–Crippen MR) is 52.4 cm³/mol. The summed E-state index contributed by atoms with van der Waals surface area (Å²) in [7, 11) is 0. The fourth-order valence-corrected chi connectivity index (χ4v) is 1.66. The second-order valence-electron chi connectivity index (χ2n) is 3.58. The third-order valence-corrected chi connectivity index (χ3v) is 2.53. The van der Waals surface area contributed by atoms with Gasteiger partial charge in [0.25, 0.3) is 0 Å². The van der Waals surface area contributed by atoms with Crippen molar-refractivity contribution in [2.45, 2.75) is 58.0 Å². The van der Waals surface area contributed by atoms with Crippen LogP contribution in [-0.2, 0) is 9.47 Å². The highest BCUT2D eigenvalue weighted by molar-refractivity contribution is 4.70. The van der Waals surface area contributed by atoms with Crippen molar-refractivity contribution in [1.29, 1.82) is 0 Å². The summed E-state index contributed by atoms with van der Waals surface area (Å²) < 4.78 is 11.4. The Morgan fingerprint density at radius 2 is 1.69 bits per heavy atom. The van der Waals surface area contributed by atoms with E-state index in [2.05, 4.69) is 13.8 Å². The van der Waals surface area contributed by atoms with Gasteiger partial charge in [-0.1, -0.05) is 13.8 Å². The molecule has 0 amide bonds. The summed E-state index contributed by atoms with van der Waals surface area (Å²) in [6.45, 7) is 4.95. The van der Waals surface area contributed by atoms with Crippen molar-refractivity contribution in [2.24, 2.45) is 5.73 Å². The fraction of sp³-hybridized carbons (Fsp3) is 1.00. The Balaban J connectivity index is 2.39. The van der Waals surface area contributed by atoms with E-state index in [9.17, 15) is 0 Å². The lowest BCUT2D eigenvalue weighted by atomic mass is 10.1. The molecule has 0 spiro atoms. The smallest absolute Gasteiger partial charge is 0.159 e. The number of rotatable bonds is 4. The fourth-order valence-electron chi connectivity index (χ4n) is 1.66. The summed E-state index contributed by atoms with van der Waals surface area (Å²) in [5, 5.41) is 0. The van der Waals surface area contributed by atoms with E-state index in [-0.39, 0.29) is 6.29 Å². The standard InChI is InChI=1S/C10H21NO2/c1-3-8-7-9(4-2)13-10(12-8)5-6-11/h8-10H,3-7,11H2,1-2H3. The molecule has 0 radical (unpaired) electrons. The van der Waals surface area contributed by atoms with E-state index >= 15 is 0 Å². The molecule has 2 atom stereocenters. The molecule has 0 saturated carbocycles. The topological polar surface area (TPSA) is 44.5 Å². The second-order valence-corrected chi connectivity index (χ2v) is 3.58. The lowest BCUT2D eigenvalue weighted by molar-refractivity contribution is -0.244. The van der Waals surface area contributed by atoms with Crippen LogP contribution in [0.15, 0.2) is 0 Å². The van der Waals surface area contributed by atoms with Crippen LogP contribution in [0, 0.1) is 0 Å². The summed E-state index contributed by atoms with van der Waals surface area (Å²) in [6.07, 6.45) is 4.67. The van der Waals surface area contributed by atoms with Gasteiger partial charge in [0, 0.05) is 6.42 Å². The first-order valence-electron chi connectivity index (χ1n) is 5.31. The van der Waals surface area contributed by atoms with E-state index in [0.717, 1.165) is 25.7 Å². The summed E-state index contributed by atoms with van der Waals surface area (Å²) in [5.41, 5.74) is 5.47. The van der Waals surface area contributed by atoms with Crippen LogP contribution in [0.4, 0.5) is 0 Å². The number of hydrogen-bond acceptors (Lipinski definition) is 3. The zero-order valence-electron chi connectivity index (χ0n) is 8.66. The Labute approximate surface area is 80.6 Å². The zero-order chi connectivity index (χ0) is 9.68. The third kappa shape index (κ3) is 3.25. The first kappa shape index (κ1) is 11.0. The molecule has 3 nitrogen and oxygen atoms in total. The Bertz CT molecular complexity index is 129. The quantitative estimate of drug-likeness (QED) is 0.728. The molecule has 1 heterocycles. The Kier molecular flexibility index (Phi) is 4.70. The van der Waals surface area contributed by atoms with Gasteiger partial charge in [0.05, 0.1) is 12.2 Å². The molecule has 0 aromatic rings. The molecule has 2 unspecified atom stereocenters. The monoisotopic (exact) mass is 187 g/mol. The highest BCUT2D eigenvalue weighted by Gasteiger charge is 2.27. The van der Waals surface area contributed by atoms with Gasteiger partial charge in [0.1, 0.15) is 0 Å². The SMILES string of the molecule is CCC1CC(CC)OC(CCN)O1. The van der Waals surface area contributed by atoms with Crippen molar-refractivity contribution in [1.82, 2.24) is 0 Å². The van der Waals surface area contributed by atoms with Crippen LogP contribution in [-0.4, -0.2) is 25.0 Å². The van der Waals surface area contributed by atoms with Gasteiger partial charge in [-0.15, -0.1) is 0 Å². The minimum absolute atomic E-state index is 0.0614. The Hall–Kier alpha value is -0.120. The largest absolute Gasteiger partial charge is 0.349 e. The number of ether oxygens (including phenoxy) is 2. The third-order valence-electron chi connectivity index (χ3n) is 2.53. The van der Waals surface area contributed by atoms with E-state index in [1.54, 1.807) is 0 Å². The van der Waals surface area contributed by atoms with Crippen molar-refractivity contribution in [3.05, 3.63) is 0 Å². The van der Waals surface area contributed by atoms with Gasteiger partial charge in [-0.2, -0.15) is 0 Å². The molecule has 78 valence electrons. The van der Waals surface area contributed by atoms with Gasteiger partial charge in [0.2, 0.25) is 0 Å². The highest BCUT2D eigenvalue weighted by Crippen LogP contribution is 2.23. The molecule has 2 N–H and O–H groups in total. The molecular formula is C10H21NO2. The van der Waals surface area contributed by atoms with Gasteiger partial charge in [0.15, 0.2) is 6.29 Å². The maximum Gasteiger partial charge on any atom is 0.159 e. The van der Waals surface area contributed by atoms with Crippen molar-refractivity contribution in [3.63, 3.8) is 0 Å². The maximum atomic E-state index is 5.71.